The molecule has 1 rings (SSSR count). The molecule has 3 N–H and O–H groups in total. The molecule has 1 unspecified atom stereocenters. The Labute approximate surface area is 95.7 Å². The van der Waals surface area contributed by atoms with Crippen molar-refractivity contribution < 1.29 is 9.94 Å². The van der Waals surface area contributed by atoms with Gasteiger partial charge in [-0.15, -0.1) is 0 Å². The number of hydrogen-bond donors (Lipinski definition) is 2. The molecule has 0 saturated carbocycles. The van der Waals surface area contributed by atoms with Gasteiger partial charge in [0.25, 0.3) is 0 Å². The van der Waals surface area contributed by atoms with Gasteiger partial charge in [0.05, 0.1) is 12.7 Å². The molecule has 0 aliphatic carbocycles. The molecule has 0 radical (unpaired) electrons. The van der Waals surface area contributed by atoms with Crippen molar-refractivity contribution >= 4 is 5.84 Å². The van der Waals surface area contributed by atoms with Gasteiger partial charge >= 0.3 is 0 Å². The number of benzene rings is 1. The summed E-state index contributed by atoms with van der Waals surface area (Å²) >= 11 is 0. The molecule has 4 nitrogen and oxygen atoms in total. The van der Waals surface area contributed by atoms with Crippen LogP contribution in [0.4, 0.5) is 0 Å². The second-order valence-electron chi connectivity index (χ2n) is 3.71. The van der Waals surface area contributed by atoms with Crippen LogP contribution in [0.25, 0.3) is 0 Å². The Morgan fingerprint density at radius 3 is 2.75 bits per heavy atom. The van der Waals surface area contributed by atoms with Crippen molar-refractivity contribution in [2.24, 2.45) is 10.9 Å². The fourth-order valence-electron chi connectivity index (χ4n) is 1.42. The van der Waals surface area contributed by atoms with Gasteiger partial charge in [0.15, 0.2) is 0 Å². The molecule has 0 aliphatic rings. The van der Waals surface area contributed by atoms with Gasteiger partial charge < -0.3 is 15.7 Å². The Bertz CT molecular complexity index is 325. The quantitative estimate of drug-likeness (QED) is 0.333. The van der Waals surface area contributed by atoms with E-state index in [2.05, 4.69) is 17.3 Å². The molecule has 4 heteroatoms. The van der Waals surface area contributed by atoms with Gasteiger partial charge in [-0.2, -0.15) is 0 Å². The molecule has 0 aliphatic heterocycles. The summed E-state index contributed by atoms with van der Waals surface area (Å²) in [5.74, 6) is 0.201. The zero-order valence-corrected chi connectivity index (χ0v) is 9.47. The smallest absolute Gasteiger partial charge is 0.141 e. The number of ether oxygens (including phenoxy) is 1. The van der Waals surface area contributed by atoms with Crippen molar-refractivity contribution in [1.29, 1.82) is 0 Å². The van der Waals surface area contributed by atoms with Gasteiger partial charge in [-0.05, 0) is 18.9 Å². The van der Waals surface area contributed by atoms with Gasteiger partial charge in [0.2, 0.25) is 0 Å². The van der Waals surface area contributed by atoms with Crippen LogP contribution < -0.4 is 5.73 Å². The molecule has 1 atom stereocenters. The van der Waals surface area contributed by atoms with Gasteiger partial charge in [0.1, 0.15) is 5.84 Å². The molecule has 16 heavy (non-hydrogen) atoms. The summed E-state index contributed by atoms with van der Waals surface area (Å²) in [4.78, 5) is 0. The fraction of sp³-hybridized carbons (Fsp3) is 0.417. The van der Waals surface area contributed by atoms with E-state index in [9.17, 15) is 0 Å². The van der Waals surface area contributed by atoms with Gasteiger partial charge in [-0.25, -0.2) is 0 Å². The predicted molar refractivity (Wildman–Crippen MR) is 63.6 cm³/mol. The Kier molecular flexibility index (Phi) is 5.36. The van der Waals surface area contributed by atoms with Gasteiger partial charge in [0, 0.05) is 6.42 Å². The van der Waals surface area contributed by atoms with E-state index >= 15 is 0 Å². The summed E-state index contributed by atoms with van der Waals surface area (Å²) in [5.41, 5.74) is 6.63. The third-order valence-electron chi connectivity index (χ3n) is 2.26. The maximum absolute atomic E-state index is 8.39. The summed E-state index contributed by atoms with van der Waals surface area (Å²) in [6, 6.07) is 10.1. The normalized spacial score (nSPS) is 13.7. The molecule has 1 aromatic carbocycles. The van der Waals surface area contributed by atoms with E-state index in [-0.39, 0.29) is 11.9 Å². The van der Waals surface area contributed by atoms with Crippen LogP contribution in [0.3, 0.4) is 0 Å². The summed E-state index contributed by atoms with van der Waals surface area (Å²) in [6.45, 7) is 2.55. The standard InChI is InChI=1S/C12H18N2O2/c1-10(9-12(13)14-15)16-8-7-11-5-3-2-4-6-11/h2-6,10,15H,7-9H2,1H3,(H2,13,14). The lowest BCUT2D eigenvalue weighted by Gasteiger charge is -2.11. The summed E-state index contributed by atoms with van der Waals surface area (Å²) in [5, 5.41) is 11.3. The minimum atomic E-state index is -0.0281. The second-order valence-corrected chi connectivity index (χ2v) is 3.71. The van der Waals surface area contributed by atoms with E-state index < -0.39 is 0 Å². The maximum Gasteiger partial charge on any atom is 0.141 e. The van der Waals surface area contributed by atoms with Gasteiger partial charge in [-0.1, -0.05) is 35.5 Å². The Morgan fingerprint density at radius 2 is 2.12 bits per heavy atom. The van der Waals surface area contributed by atoms with E-state index in [4.69, 9.17) is 15.7 Å². The molecule has 0 fully saturated rings. The van der Waals surface area contributed by atoms with Crippen molar-refractivity contribution in [1.82, 2.24) is 0 Å². The SMILES string of the molecule is CC(CC(N)=NO)OCCc1ccccc1. The second kappa shape index (κ2) is 6.85. The molecule has 0 amide bonds. The van der Waals surface area contributed by atoms with Crippen LogP contribution in [0.1, 0.15) is 18.9 Å². The number of oxime groups is 1. The minimum Gasteiger partial charge on any atom is -0.409 e. The van der Waals surface area contributed by atoms with Crippen LogP contribution in [-0.4, -0.2) is 23.8 Å². The lowest BCUT2D eigenvalue weighted by Crippen LogP contribution is -2.21. The van der Waals surface area contributed by atoms with E-state index in [1.807, 2.05) is 25.1 Å². The molecule has 0 spiro atoms. The number of hydrogen-bond acceptors (Lipinski definition) is 3. The highest BCUT2D eigenvalue weighted by Gasteiger charge is 2.05. The molecule has 0 bridgehead atoms. The van der Waals surface area contributed by atoms with Crippen LogP contribution in [0.5, 0.6) is 0 Å². The topological polar surface area (TPSA) is 67.8 Å². The molecule has 0 saturated heterocycles. The summed E-state index contributed by atoms with van der Waals surface area (Å²) in [7, 11) is 0. The lowest BCUT2D eigenvalue weighted by atomic mass is 10.2. The summed E-state index contributed by atoms with van der Waals surface area (Å²) in [6.07, 6.45) is 1.30. The zero-order chi connectivity index (χ0) is 11.8. The predicted octanol–water partition coefficient (Wildman–Crippen LogP) is 1.77. The number of amidine groups is 1. The van der Waals surface area contributed by atoms with E-state index in [1.165, 1.54) is 5.56 Å². The average Bonchev–Trinajstić information content (AvgIpc) is 2.30. The summed E-state index contributed by atoms with van der Waals surface area (Å²) < 4.78 is 5.55. The highest BCUT2D eigenvalue weighted by Crippen LogP contribution is 2.02. The van der Waals surface area contributed by atoms with Crippen LogP contribution in [-0.2, 0) is 11.2 Å². The fourth-order valence-corrected chi connectivity index (χ4v) is 1.42. The van der Waals surface area contributed by atoms with Crippen molar-refractivity contribution in [3.63, 3.8) is 0 Å². The number of rotatable bonds is 6. The monoisotopic (exact) mass is 222 g/mol. The number of nitrogens with zero attached hydrogens (tertiary/aromatic N) is 1. The van der Waals surface area contributed by atoms with Crippen LogP contribution >= 0.6 is 0 Å². The largest absolute Gasteiger partial charge is 0.409 e. The Hall–Kier alpha value is -1.55. The number of nitrogens with two attached hydrogens (primary N) is 1. The Balaban J connectivity index is 2.21. The highest BCUT2D eigenvalue weighted by atomic mass is 16.5. The van der Waals surface area contributed by atoms with Crippen molar-refractivity contribution in [3.8, 4) is 0 Å². The first-order chi connectivity index (χ1) is 7.72. The Morgan fingerprint density at radius 1 is 1.44 bits per heavy atom. The van der Waals surface area contributed by atoms with Gasteiger partial charge in [-0.3, -0.25) is 0 Å². The van der Waals surface area contributed by atoms with Crippen LogP contribution in [0.2, 0.25) is 0 Å². The maximum atomic E-state index is 8.39. The van der Waals surface area contributed by atoms with E-state index in [1.54, 1.807) is 0 Å². The first-order valence-electron chi connectivity index (χ1n) is 5.34. The van der Waals surface area contributed by atoms with Crippen molar-refractivity contribution in [2.75, 3.05) is 6.61 Å². The highest BCUT2D eigenvalue weighted by molar-refractivity contribution is 5.79. The third-order valence-corrected chi connectivity index (χ3v) is 2.26. The van der Waals surface area contributed by atoms with E-state index in [0.717, 1.165) is 6.42 Å². The zero-order valence-electron chi connectivity index (χ0n) is 9.47. The molecular formula is C12H18N2O2. The first-order valence-corrected chi connectivity index (χ1v) is 5.34. The lowest BCUT2D eigenvalue weighted by molar-refractivity contribution is 0.0727. The van der Waals surface area contributed by atoms with E-state index in [0.29, 0.717) is 13.0 Å². The minimum absolute atomic E-state index is 0.0281. The molecular weight excluding hydrogens is 204 g/mol. The third kappa shape index (κ3) is 4.79. The van der Waals surface area contributed by atoms with Crippen LogP contribution in [0, 0.1) is 0 Å². The molecule has 88 valence electrons. The van der Waals surface area contributed by atoms with Crippen molar-refractivity contribution in [3.05, 3.63) is 35.9 Å². The molecule has 0 aromatic heterocycles. The first kappa shape index (κ1) is 12.5. The van der Waals surface area contributed by atoms with Crippen molar-refractivity contribution in [2.45, 2.75) is 25.9 Å². The average molecular weight is 222 g/mol. The molecule has 0 heterocycles. The molecule has 1 aromatic rings. The van der Waals surface area contributed by atoms with Crippen LogP contribution in [0.15, 0.2) is 35.5 Å².